The minimum Gasteiger partial charge on any atom is -0.497 e. The van der Waals surface area contributed by atoms with Crippen LogP contribution >= 0.6 is 0 Å². The van der Waals surface area contributed by atoms with Crippen LogP contribution < -0.4 is 20.7 Å². The normalized spacial score (nSPS) is 19.0. The van der Waals surface area contributed by atoms with Crippen LogP contribution in [0.25, 0.3) is 27.7 Å². The number of nitriles is 1. The van der Waals surface area contributed by atoms with E-state index < -0.39 is 5.91 Å². The maximum absolute atomic E-state index is 12.8. The number of nitrogens with two attached hydrogens (primary N) is 1. The van der Waals surface area contributed by atoms with Crippen molar-refractivity contribution in [2.75, 3.05) is 51.6 Å². The number of ether oxygens (including phenoxy) is 1. The Morgan fingerprint density at radius 1 is 1.21 bits per heavy atom. The minimum atomic E-state index is -0.601. The first kappa shape index (κ1) is 28.2. The maximum atomic E-state index is 12.8. The summed E-state index contributed by atoms with van der Waals surface area (Å²) in [5, 5.41) is 14.1. The standard InChI is InChI=1S/C33H36N8O2/c1-39(2)11-12-40(3)29-13-23(43-4)9-10-25(29)26(31(35)42)19-37-32-36-18-22(17-34)30(38-32)27-20-41(33-14-21(15-33)16-33)28-8-6-5-7-24(27)28/h5-10,13,18-21H,11-12,14-16H2,1-4H3,(H2,35,42)(H,36,37,38). The number of methoxy groups -OCH3 is 1. The summed E-state index contributed by atoms with van der Waals surface area (Å²) in [6.07, 6.45) is 8.79. The second kappa shape index (κ2) is 11.1. The number of aromatic nitrogens is 3. The first-order chi connectivity index (χ1) is 20.7. The highest BCUT2D eigenvalue weighted by atomic mass is 16.5. The molecule has 3 aliphatic carbocycles. The number of para-hydroxylation sites is 1. The number of likely N-dealkylation sites (N-methyl/N-ethyl adjacent to an activating group) is 2. The van der Waals surface area contributed by atoms with Gasteiger partial charge >= 0.3 is 0 Å². The third-order valence-electron chi connectivity index (χ3n) is 8.79. The van der Waals surface area contributed by atoms with E-state index in [1.54, 1.807) is 13.2 Å². The maximum Gasteiger partial charge on any atom is 0.250 e. The molecule has 7 rings (SSSR count). The van der Waals surface area contributed by atoms with Crippen molar-refractivity contribution in [3.05, 3.63) is 72.2 Å². The molecule has 3 N–H and O–H groups in total. The Morgan fingerprint density at radius 2 is 1.98 bits per heavy atom. The summed E-state index contributed by atoms with van der Waals surface area (Å²) < 4.78 is 7.85. The Hall–Kier alpha value is -4.88. The molecule has 10 heteroatoms. The summed E-state index contributed by atoms with van der Waals surface area (Å²) in [5.41, 5.74) is 10.8. The zero-order valence-electron chi connectivity index (χ0n) is 25.0. The van der Waals surface area contributed by atoms with Crippen molar-refractivity contribution in [3.63, 3.8) is 0 Å². The number of benzene rings is 2. The average Bonchev–Trinajstić information content (AvgIpc) is 3.33. The zero-order valence-corrected chi connectivity index (χ0v) is 25.0. The highest BCUT2D eigenvalue weighted by molar-refractivity contribution is 6.20. The highest BCUT2D eigenvalue weighted by Gasteiger charge is 2.58. The Kier molecular flexibility index (Phi) is 7.28. The molecule has 10 nitrogen and oxygen atoms in total. The van der Waals surface area contributed by atoms with Crippen LogP contribution in [0.4, 0.5) is 11.6 Å². The quantitative estimate of drug-likeness (QED) is 0.251. The SMILES string of the molecule is COc1ccc(C(=CNc2ncc(C#N)c(-c3cn(C45CC(C4)C5)c4ccccc34)n2)C(N)=O)c(N(C)CCN(C)C)c1. The molecule has 0 radical (unpaired) electrons. The van der Waals surface area contributed by atoms with Crippen molar-refractivity contribution in [1.82, 2.24) is 19.4 Å². The topological polar surface area (TPSA) is 125 Å². The summed E-state index contributed by atoms with van der Waals surface area (Å²) in [4.78, 5) is 26.1. The van der Waals surface area contributed by atoms with Gasteiger partial charge in [0.15, 0.2) is 0 Å². The lowest BCUT2D eigenvalue weighted by Gasteiger charge is -2.62. The number of carbonyl (C=O) groups is 1. The molecule has 0 spiro atoms. The van der Waals surface area contributed by atoms with Crippen molar-refractivity contribution in [3.8, 4) is 23.1 Å². The Bertz CT molecular complexity index is 1770. The second-order valence-corrected chi connectivity index (χ2v) is 11.9. The van der Waals surface area contributed by atoms with E-state index in [0.29, 0.717) is 22.6 Å². The molecular formula is C33H36N8O2. The molecule has 2 bridgehead atoms. The third kappa shape index (κ3) is 5.06. The second-order valence-electron chi connectivity index (χ2n) is 11.9. The van der Waals surface area contributed by atoms with Crippen LogP contribution in [0.15, 0.2) is 61.1 Å². The third-order valence-corrected chi connectivity index (χ3v) is 8.79. The van der Waals surface area contributed by atoms with Crippen molar-refractivity contribution < 1.29 is 9.53 Å². The van der Waals surface area contributed by atoms with Crippen LogP contribution in [0, 0.1) is 17.2 Å². The van der Waals surface area contributed by atoms with Crippen molar-refractivity contribution >= 4 is 34.0 Å². The van der Waals surface area contributed by atoms with Crippen LogP contribution in [-0.4, -0.2) is 66.7 Å². The average molecular weight is 577 g/mol. The van der Waals surface area contributed by atoms with E-state index in [4.69, 9.17) is 15.5 Å². The van der Waals surface area contributed by atoms with Gasteiger partial charge in [0, 0.05) is 71.9 Å². The van der Waals surface area contributed by atoms with E-state index in [1.165, 1.54) is 31.7 Å². The molecule has 0 unspecified atom stereocenters. The van der Waals surface area contributed by atoms with E-state index in [2.05, 4.69) is 49.1 Å². The number of carbonyl (C=O) groups excluding carboxylic acids is 1. The molecule has 220 valence electrons. The van der Waals surface area contributed by atoms with Gasteiger partial charge in [-0.1, -0.05) is 18.2 Å². The van der Waals surface area contributed by atoms with Gasteiger partial charge in [-0.3, -0.25) is 4.79 Å². The summed E-state index contributed by atoms with van der Waals surface area (Å²) >= 11 is 0. The number of anilines is 2. The fourth-order valence-electron chi connectivity index (χ4n) is 6.30. The number of amides is 1. The van der Waals surface area contributed by atoms with Crippen LogP contribution in [0.2, 0.25) is 0 Å². The van der Waals surface area contributed by atoms with Gasteiger partial charge in [0.1, 0.15) is 11.8 Å². The van der Waals surface area contributed by atoms with Crippen LogP contribution in [0.5, 0.6) is 5.75 Å². The molecule has 2 aromatic heterocycles. The van der Waals surface area contributed by atoms with E-state index in [9.17, 15) is 10.1 Å². The van der Waals surface area contributed by atoms with Gasteiger partial charge in [-0.15, -0.1) is 0 Å². The number of nitrogens with one attached hydrogen (secondary N) is 1. The Balaban J connectivity index is 1.37. The van der Waals surface area contributed by atoms with Crippen LogP contribution in [-0.2, 0) is 10.3 Å². The zero-order chi connectivity index (χ0) is 30.3. The first-order valence-electron chi connectivity index (χ1n) is 14.4. The predicted octanol–water partition coefficient (Wildman–Crippen LogP) is 4.42. The fourth-order valence-corrected chi connectivity index (χ4v) is 6.30. The van der Waals surface area contributed by atoms with E-state index in [1.807, 2.05) is 45.4 Å². The minimum absolute atomic E-state index is 0.179. The number of hydrogen-bond donors (Lipinski definition) is 2. The molecule has 0 saturated heterocycles. The van der Waals surface area contributed by atoms with Gasteiger partial charge < -0.3 is 30.2 Å². The highest BCUT2D eigenvalue weighted by Crippen LogP contribution is 2.63. The Morgan fingerprint density at radius 3 is 2.63 bits per heavy atom. The largest absolute Gasteiger partial charge is 0.497 e. The molecule has 3 aliphatic rings. The molecule has 0 aliphatic heterocycles. The van der Waals surface area contributed by atoms with E-state index in [-0.39, 0.29) is 17.1 Å². The van der Waals surface area contributed by atoms with Gasteiger partial charge in [0.25, 0.3) is 5.91 Å². The molecule has 3 fully saturated rings. The molecular weight excluding hydrogens is 540 g/mol. The molecule has 43 heavy (non-hydrogen) atoms. The lowest BCUT2D eigenvalue weighted by Crippen LogP contribution is -2.58. The number of fused-ring (bicyclic) bond motifs is 1. The smallest absolute Gasteiger partial charge is 0.250 e. The van der Waals surface area contributed by atoms with E-state index in [0.717, 1.165) is 41.2 Å². The Labute approximate surface area is 251 Å². The molecule has 2 aromatic carbocycles. The van der Waals surface area contributed by atoms with Gasteiger partial charge in [-0.25, -0.2) is 9.97 Å². The van der Waals surface area contributed by atoms with Crippen molar-refractivity contribution in [1.29, 1.82) is 5.26 Å². The number of rotatable bonds is 11. The van der Waals surface area contributed by atoms with Crippen LogP contribution in [0.1, 0.15) is 30.4 Å². The summed E-state index contributed by atoms with van der Waals surface area (Å²) in [7, 11) is 7.60. The molecule has 2 heterocycles. The number of nitrogens with zero attached hydrogens (tertiary/aromatic N) is 6. The molecule has 3 saturated carbocycles. The van der Waals surface area contributed by atoms with Gasteiger partial charge in [-0.05, 0) is 57.5 Å². The molecule has 4 aromatic rings. The molecule has 1 amide bonds. The summed E-state index contributed by atoms with van der Waals surface area (Å²) in [5.74, 6) is 1.16. The number of hydrogen-bond acceptors (Lipinski definition) is 8. The van der Waals surface area contributed by atoms with Crippen molar-refractivity contribution in [2.45, 2.75) is 24.8 Å². The first-order valence-corrected chi connectivity index (χ1v) is 14.4. The lowest BCUT2D eigenvalue weighted by atomic mass is 9.49. The van der Waals surface area contributed by atoms with Crippen LogP contribution in [0.3, 0.4) is 0 Å². The number of primary amides is 1. The van der Waals surface area contributed by atoms with Gasteiger partial charge in [0.05, 0.1) is 30.1 Å². The summed E-state index contributed by atoms with van der Waals surface area (Å²) in [6.45, 7) is 1.55. The fraction of sp³-hybridized carbons (Fsp3) is 0.333. The van der Waals surface area contributed by atoms with Crippen molar-refractivity contribution in [2.24, 2.45) is 11.7 Å². The summed E-state index contributed by atoms with van der Waals surface area (Å²) in [6, 6.07) is 16.0. The predicted molar refractivity (Wildman–Crippen MR) is 169 cm³/mol. The molecule has 0 atom stereocenters. The van der Waals surface area contributed by atoms with Gasteiger partial charge in [0.2, 0.25) is 5.95 Å². The van der Waals surface area contributed by atoms with Gasteiger partial charge in [-0.2, -0.15) is 5.26 Å². The lowest BCUT2D eigenvalue weighted by molar-refractivity contribution is -0.112. The van der Waals surface area contributed by atoms with E-state index >= 15 is 0 Å². The monoisotopic (exact) mass is 576 g/mol.